The molecule has 1 aromatic heterocycles. The minimum Gasteiger partial charge on any atom is -0.481 e. The van der Waals surface area contributed by atoms with Crippen molar-refractivity contribution in [3.05, 3.63) is 93.9 Å². The van der Waals surface area contributed by atoms with E-state index < -0.39 is 11.5 Å². The Morgan fingerprint density at radius 1 is 1.00 bits per heavy atom. The molecule has 2 heterocycles. The number of rotatable bonds is 7. The van der Waals surface area contributed by atoms with Gasteiger partial charge in [-0.25, -0.2) is 14.4 Å². The summed E-state index contributed by atoms with van der Waals surface area (Å²) in [5.74, 6) is -1.31. The lowest BCUT2D eigenvalue weighted by Gasteiger charge is -2.32. The molecule has 6 nitrogen and oxygen atoms in total. The monoisotopic (exact) mass is 531 g/mol. The molecule has 3 aromatic carbocycles. The number of aromatic nitrogens is 2. The van der Waals surface area contributed by atoms with E-state index in [0.29, 0.717) is 53.1 Å². The minimum absolute atomic E-state index is 0.0911. The average molecular weight is 532 g/mol. The van der Waals surface area contributed by atoms with E-state index in [9.17, 15) is 14.0 Å². The molecule has 1 amide bonds. The third kappa shape index (κ3) is 4.98. The fourth-order valence-electron chi connectivity index (χ4n) is 5.09. The Kier molecular flexibility index (Phi) is 6.88. The first kappa shape index (κ1) is 25.8. The van der Waals surface area contributed by atoms with Crippen LogP contribution in [0.5, 0.6) is 0 Å². The molecule has 0 spiro atoms. The van der Waals surface area contributed by atoms with Crippen LogP contribution < -0.4 is 0 Å². The van der Waals surface area contributed by atoms with E-state index in [-0.39, 0.29) is 18.1 Å². The largest absolute Gasteiger partial charge is 0.481 e. The van der Waals surface area contributed by atoms with Crippen molar-refractivity contribution in [2.24, 2.45) is 0 Å². The first-order valence-corrected chi connectivity index (χ1v) is 12.9. The van der Waals surface area contributed by atoms with E-state index >= 15 is 0 Å². The topological polar surface area (TPSA) is 83.4 Å². The van der Waals surface area contributed by atoms with Crippen molar-refractivity contribution in [2.75, 3.05) is 0 Å². The molecule has 38 heavy (non-hydrogen) atoms. The number of carboxylic acids is 1. The minimum atomic E-state index is -0.828. The lowest BCUT2D eigenvalue weighted by molar-refractivity contribution is -0.137. The van der Waals surface area contributed by atoms with Crippen LogP contribution in [-0.2, 0) is 23.3 Å². The third-order valence-corrected chi connectivity index (χ3v) is 7.38. The number of nitrogens with zero attached hydrogens (tertiary/aromatic N) is 3. The number of carboxylic acid groups (broad SMARTS) is 1. The summed E-state index contributed by atoms with van der Waals surface area (Å²) in [6, 6.07) is 17.3. The zero-order valence-corrected chi connectivity index (χ0v) is 21.9. The smallest absolute Gasteiger partial charge is 0.303 e. The first-order chi connectivity index (χ1) is 18.1. The molecule has 0 saturated carbocycles. The number of amides is 1. The standard InChI is InChI=1S/C30H27ClFN3O3/c1-30(2)23-13-12-22(32)15-20(23)17-35(30)29(38)19-9-14-24-26(16-19)33-25(5-3-4-6-27(36)37)28(34-24)18-7-10-21(31)11-8-18/h7-16H,3-6,17H2,1-2H3,(H,36,37). The molecule has 0 aliphatic carbocycles. The summed E-state index contributed by atoms with van der Waals surface area (Å²) in [6.07, 6.45) is 1.81. The van der Waals surface area contributed by atoms with Crippen molar-refractivity contribution in [3.63, 3.8) is 0 Å². The summed E-state index contributed by atoms with van der Waals surface area (Å²) >= 11 is 6.08. The Morgan fingerprint density at radius 3 is 2.50 bits per heavy atom. The fraction of sp³-hybridized carbons (Fsp3) is 0.267. The van der Waals surface area contributed by atoms with Crippen LogP contribution in [0.3, 0.4) is 0 Å². The molecule has 0 saturated heterocycles. The number of carbonyl (C=O) groups is 2. The highest BCUT2D eigenvalue weighted by Crippen LogP contribution is 2.40. The number of aliphatic carboxylic acids is 1. The molecular weight excluding hydrogens is 505 g/mol. The number of benzene rings is 3. The van der Waals surface area contributed by atoms with Crippen molar-refractivity contribution >= 4 is 34.5 Å². The Labute approximate surface area is 225 Å². The maximum atomic E-state index is 13.8. The zero-order valence-electron chi connectivity index (χ0n) is 21.2. The van der Waals surface area contributed by atoms with E-state index in [2.05, 4.69) is 0 Å². The van der Waals surface area contributed by atoms with Crippen molar-refractivity contribution in [2.45, 2.75) is 51.6 Å². The van der Waals surface area contributed by atoms with Crippen molar-refractivity contribution in [3.8, 4) is 11.3 Å². The Bertz CT molecular complexity index is 1550. The summed E-state index contributed by atoms with van der Waals surface area (Å²) in [5, 5.41) is 9.61. The predicted octanol–water partition coefficient (Wildman–Crippen LogP) is 6.78. The molecule has 1 N–H and O–H groups in total. The number of hydrogen-bond acceptors (Lipinski definition) is 4. The van der Waals surface area contributed by atoms with E-state index in [4.69, 9.17) is 26.7 Å². The molecule has 0 radical (unpaired) electrons. The number of carbonyl (C=O) groups excluding carboxylic acids is 1. The van der Waals surface area contributed by atoms with Crippen LogP contribution >= 0.6 is 11.6 Å². The van der Waals surface area contributed by atoms with Gasteiger partial charge in [-0.05, 0) is 86.7 Å². The van der Waals surface area contributed by atoms with Crippen LogP contribution in [0, 0.1) is 5.82 Å². The lowest BCUT2D eigenvalue weighted by Crippen LogP contribution is -2.40. The maximum absolute atomic E-state index is 13.8. The summed E-state index contributed by atoms with van der Waals surface area (Å²) in [7, 11) is 0. The van der Waals surface area contributed by atoms with E-state index in [1.807, 2.05) is 26.0 Å². The third-order valence-electron chi connectivity index (χ3n) is 7.13. The molecule has 1 aliphatic heterocycles. The van der Waals surface area contributed by atoms with Gasteiger partial charge in [0.25, 0.3) is 5.91 Å². The summed E-state index contributed by atoms with van der Waals surface area (Å²) in [5.41, 5.74) is 5.17. The van der Waals surface area contributed by atoms with Gasteiger partial charge in [-0.2, -0.15) is 0 Å². The molecule has 0 atom stereocenters. The second-order valence-electron chi connectivity index (χ2n) is 10.1. The van der Waals surface area contributed by atoms with Crippen LogP contribution in [0.1, 0.15) is 60.3 Å². The van der Waals surface area contributed by atoms with Crippen molar-refractivity contribution in [1.29, 1.82) is 0 Å². The van der Waals surface area contributed by atoms with Gasteiger partial charge >= 0.3 is 5.97 Å². The van der Waals surface area contributed by atoms with Gasteiger partial charge in [0.05, 0.1) is 28.0 Å². The van der Waals surface area contributed by atoms with Crippen LogP contribution in [0.25, 0.3) is 22.3 Å². The molecule has 0 unspecified atom stereocenters. The summed E-state index contributed by atoms with van der Waals surface area (Å²) in [4.78, 5) is 36.1. The van der Waals surface area contributed by atoms with Crippen LogP contribution in [0.2, 0.25) is 5.02 Å². The van der Waals surface area contributed by atoms with E-state index in [1.54, 1.807) is 41.3 Å². The number of unbranched alkanes of at least 4 members (excludes halogenated alkanes) is 1. The number of fused-ring (bicyclic) bond motifs is 2. The second-order valence-corrected chi connectivity index (χ2v) is 10.5. The predicted molar refractivity (Wildman–Crippen MR) is 144 cm³/mol. The van der Waals surface area contributed by atoms with Crippen LogP contribution in [0.4, 0.5) is 4.39 Å². The zero-order chi connectivity index (χ0) is 27.0. The number of hydrogen-bond donors (Lipinski definition) is 1. The van der Waals surface area contributed by atoms with Gasteiger partial charge in [-0.3, -0.25) is 9.59 Å². The highest BCUT2D eigenvalue weighted by Gasteiger charge is 2.40. The highest BCUT2D eigenvalue weighted by molar-refractivity contribution is 6.30. The number of aryl methyl sites for hydroxylation is 1. The van der Waals surface area contributed by atoms with E-state index in [0.717, 1.165) is 22.4 Å². The van der Waals surface area contributed by atoms with Crippen molar-refractivity contribution in [1.82, 2.24) is 14.9 Å². The second kappa shape index (κ2) is 10.1. The summed E-state index contributed by atoms with van der Waals surface area (Å²) < 4.78 is 13.8. The molecule has 194 valence electrons. The van der Waals surface area contributed by atoms with E-state index in [1.165, 1.54) is 12.1 Å². The highest BCUT2D eigenvalue weighted by atomic mass is 35.5. The van der Waals surface area contributed by atoms with Gasteiger partial charge in [0, 0.05) is 29.1 Å². The van der Waals surface area contributed by atoms with Gasteiger partial charge in [0.1, 0.15) is 5.82 Å². The normalized spacial score (nSPS) is 14.1. The van der Waals surface area contributed by atoms with Gasteiger partial charge < -0.3 is 10.0 Å². The van der Waals surface area contributed by atoms with Gasteiger partial charge in [0.2, 0.25) is 0 Å². The van der Waals surface area contributed by atoms with Gasteiger partial charge in [-0.15, -0.1) is 0 Å². The Balaban J connectivity index is 1.50. The average Bonchev–Trinajstić information content (AvgIpc) is 3.15. The number of halogens is 2. The van der Waals surface area contributed by atoms with Crippen LogP contribution in [-0.4, -0.2) is 31.9 Å². The molecule has 0 fully saturated rings. The summed E-state index contributed by atoms with van der Waals surface area (Å²) in [6.45, 7) is 4.25. The first-order valence-electron chi connectivity index (χ1n) is 12.5. The molecule has 0 bridgehead atoms. The Hall–Kier alpha value is -3.84. The molecule has 5 rings (SSSR count). The van der Waals surface area contributed by atoms with Crippen LogP contribution in [0.15, 0.2) is 60.7 Å². The maximum Gasteiger partial charge on any atom is 0.303 e. The molecule has 1 aliphatic rings. The molecule has 8 heteroatoms. The van der Waals surface area contributed by atoms with Gasteiger partial charge in [-0.1, -0.05) is 29.8 Å². The lowest BCUT2D eigenvalue weighted by atomic mass is 9.93. The van der Waals surface area contributed by atoms with Gasteiger partial charge in [0.15, 0.2) is 0 Å². The molecule has 4 aromatic rings. The SMILES string of the molecule is CC1(C)c2ccc(F)cc2CN1C(=O)c1ccc2nc(-c3ccc(Cl)cc3)c(CCCCC(=O)O)nc2c1. The van der Waals surface area contributed by atoms with Crippen molar-refractivity contribution < 1.29 is 19.1 Å². The molecular formula is C30H27ClFN3O3. The quantitative estimate of drug-likeness (QED) is 0.266. The fourth-order valence-corrected chi connectivity index (χ4v) is 5.22. The Morgan fingerprint density at radius 2 is 1.76 bits per heavy atom.